The van der Waals surface area contributed by atoms with Gasteiger partial charge in [-0.15, -0.1) is 0 Å². The maximum atomic E-state index is 14.8. The summed E-state index contributed by atoms with van der Waals surface area (Å²) in [4.78, 5) is 20.3. The average molecular weight is 555 g/mol. The molecule has 1 amide bonds. The second-order valence-electron chi connectivity index (χ2n) is 11.2. The standard InChI is InChI=1S/C26H36F2N4O5S/c1-7-31-22-13-30(12-20(22)29-24(31)38(35,36)15(2)3)17-11-21(32(25(33)34)26(4,5)6)23(37-14-17)18-10-16(27)8-9-19(18)28/h8-10,15,17,21,23H,7,11-14H2,1-6H3,(H,33,34)/t17-,21+,23-/m1/s1. The zero-order valence-electron chi connectivity index (χ0n) is 22.6. The summed E-state index contributed by atoms with van der Waals surface area (Å²) in [6, 6.07) is 2.06. The second-order valence-corrected chi connectivity index (χ2v) is 13.6. The number of amides is 1. The fourth-order valence-electron chi connectivity index (χ4n) is 5.52. The third-order valence-corrected chi connectivity index (χ3v) is 9.45. The van der Waals surface area contributed by atoms with E-state index in [1.165, 1.54) is 4.90 Å². The van der Waals surface area contributed by atoms with Crippen LogP contribution in [-0.4, -0.2) is 68.4 Å². The van der Waals surface area contributed by atoms with Gasteiger partial charge in [0, 0.05) is 36.8 Å². The molecule has 0 aliphatic carbocycles. The minimum atomic E-state index is -3.56. The van der Waals surface area contributed by atoms with Gasteiger partial charge >= 0.3 is 6.09 Å². The number of hydrogen-bond acceptors (Lipinski definition) is 6. The molecule has 0 saturated carbocycles. The predicted octanol–water partition coefficient (Wildman–Crippen LogP) is 4.36. The van der Waals surface area contributed by atoms with Crippen LogP contribution < -0.4 is 0 Å². The van der Waals surface area contributed by atoms with E-state index in [0.717, 1.165) is 23.9 Å². The van der Waals surface area contributed by atoms with Crippen LogP contribution in [0.2, 0.25) is 0 Å². The van der Waals surface area contributed by atoms with Crippen molar-refractivity contribution in [2.24, 2.45) is 0 Å². The van der Waals surface area contributed by atoms with Gasteiger partial charge in [-0.3, -0.25) is 9.80 Å². The normalized spacial score (nSPS) is 22.6. The number of aromatic nitrogens is 2. The van der Waals surface area contributed by atoms with Crippen molar-refractivity contribution in [1.29, 1.82) is 0 Å². The molecule has 0 radical (unpaired) electrons. The Morgan fingerprint density at radius 3 is 2.53 bits per heavy atom. The van der Waals surface area contributed by atoms with Gasteiger partial charge in [0.15, 0.2) is 0 Å². The zero-order valence-corrected chi connectivity index (χ0v) is 23.4. The van der Waals surface area contributed by atoms with Gasteiger partial charge in [0.25, 0.3) is 0 Å². The number of fused-ring (bicyclic) bond motifs is 1. The van der Waals surface area contributed by atoms with Crippen LogP contribution in [0.3, 0.4) is 0 Å². The van der Waals surface area contributed by atoms with Gasteiger partial charge in [-0.05, 0) is 66.2 Å². The van der Waals surface area contributed by atoms with Crippen LogP contribution >= 0.6 is 0 Å². The summed E-state index contributed by atoms with van der Waals surface area (Å²) < 4.78 is 62.5. The third-order valence-electron chi connectivity index (χ3n) is 7.39. The topological polar surface area (TPSA) is 105 Å². The van der Waals surface area contributed by atoms with Gasteiger partial charge in [-0.1, -0.05) is 0 Å². The summed E-state index contributed by atoms with van der Waals surface area (Å²) in [5.74, 6) is -1.29. The van der Waals surface area contributed by atoms with Crippen molar-refractivity contribution < 1.29 is 31.8 Å². The van der Waals surface area contributed by atoms with Gasteiger partial charge in [0.1, 0.15) is 17.7 Å². The highest BCUT2D eigenvalue weighted by Crippen LogP contribution is 2.40. The molecular formula is C26H36F2N4O5S. The Labute approximate surface area is 222 Å². The average Bonchev–Trinajstić information content (AvgIpc) is 3.38. The van der Waals surface area contributed by atoms with Crippen LogP contribution in [0.25, 0.3) is 0 Å². The van der Waals surface area contributed by atoms with Gasteiger partial charge in [-0.2, -0.15) is 0 Å². The van der Waals surface area contributed by atoms with E-state index in [2.05, 4.69) is 9.88 Å². The highest BCUT2D eigenvalue weighted by atomic mass is 32.2. The van der Waals surface area contributed by atoms with E-state index in [9.17, 15) is 27.1 Å². The number of carbonyl (C=O) groups is 1. The molecule has 0 spiro atoms. The van der Waals surface area contributed by atoms with Gasteiger partial charge in [-0.25, -0.2) is 27.0 Å². The molecule has 2 aromatic rings. The number of carboxylic acid groups (broad SMARTS) is 1. The van der Waals surface area contributed by atoms with E-state index >= 15 is 0 Å². The Bertz CT molecular complexity index is 1320. The van der Waals surface area contributed by atoms with Gasteiger partial charge < -0.3 is 14.4 Å². The Morgan fingerprint density at radius 2 is 1.95 bits per heavy atom. The highest BCUT2D eigenvalue weighted by Gasteiger charge is 2.46. The molecule has 210 valence electrons. The molecular weight excluding hydrogens is 518 g/mol. The van der Waals surface area contributed by atoms with Crippen molar-refractivity contribution in [3.8, 4) is 0 Å². The predicted molar refractivity (Wildman–Crippen MR) is 136 cm³/mol. The van der Waals surface area contributed by atoms with Crippen molar-refractivity contribution in [2.75, 3.05) is 6.61 Å². The molecule has 38 heavy (non-hydrogen) atoms. The maximum absolute atomic E-state index is 14.8. The lowest BCUT2D eigenvalue weighted by atomic mass is 9.88. The first-order chi connectivity index (χ1) is 17.7. The molecule has 2 aliphatic heterocycles. The Balaban J connectivity index is 1.66. The van der Waals surface area contributed by atoms with E-state index < -0.39 is 50.5 Å². The number of hydrogen-bond donors (Lipinski definition) is 1. The number of benzene rings is 1. The van der Waals surface area contributed by atoms with Crippen molar-refractivity contribution in [3.05, 3.63) is 46.8 Å². The van der Waals surface area contributed by atoms with E-state index in [1.54, 1.807) is 39.2 Å². The molecule has 1 aromatic heterocycles. The van der Waals surface area contributed by atoms with Crippen LogP contribution in [0, 0.1) is 11.6 Å². The summed E-state index contributed by atoms with van der Waals surface area (Å²) in [7, 11) is -3.56. The van der Waals surface area contributed by atoms with Gasteiger partial charge in [0.2, 0.25) is 15.0 Å². The summed E-state index contributed by atoms with van der Waals surface area (Å²) >= 11 is 0. The minimum Gasteiger partial charge on any atom is -0.465 e. The molecule has 1 saturated heterocycles. The zero-order chi connectivity index (χ0) is 28.2. The van der Waals surface area contributed by atoms with Crippen molar-refractivity contribution in [2.45, 2.75) is 102 Å². The van der Waals surface area contributed by atoms with Crippen LogP contribution in [0.15, 0.2) is 23.4 Å². The van der Waals surface area contributed by atoms with Gasteiger partial charge in [0.05, 0.1) is 29.3 Å². The molecule has 1 N–H and O–H groups in total. The van der Waals surface area contributed by atoms with E-state index in [1.807, 2.05) is 6.92 Å². The lowest BCUT2D eigenvalue weighted by Gasteiger charge is -2.48. The molecule has 3 atom stereocenters. The van der Waals surface area contributed by atoms with E-state index in [4.69, 9.17) is 4.74 Å². The number of halogens is 2. The lowest BCUT2D eigenvalue weighted by molar-refractivity contribution is -0.103. The highest BCUT2D eigenvalue weighted by molar-refractivity contribution is 7.91. The van der Waals surface area contributed by atoms with Crippen LogP contribution in [-0.2, 0) is 34.2 Å². The van der Waals surface area contributed by atoms with Crippen LogP contribution in [0.5, 0.6) is 0 Å². The quantitative estimate of drug-likeness (QED) is 0.566. The van der Waals surface area contributed by atoms with Crippen LogP contribution in [0.4, 0.5) is 13.6 Å². The molecule has 12 heteroatoms. The molecule has 0 unspecified atom stereocenters. The monoisotopic (exact) mass is 554 g/mol. The SMILES string of the molecule is CCn1c(S(=O)(=O)C(C)C)nc2c1CN([C@H]1CO[C@H](c3cc(F)ccc3F)[C@@H](N(C(=O)O)C(C)(C)C)C1)C2. The largest absolute Gasteiger partial charge is 0.465 e. The Morgan fingerprint density at radius 1 is 1.26 bits per heavy atom. The minimum absolute atomic E-state index is 0.0173. The fraction of sp³-hybridized carbons (Fsp3) is 0.615. The Kier molecular flexibility index (Phi) is 7.63. The summed E-state index contributed by atoms with van der Waals surface area (Å²) in [5.41, 5.74) is 0.633. The Hall–Kier alpha value is -2.57. The number of rotatable bonds is 6. The molecule has 2 aliphatic rings. The number of imidazole rings is 1. The van der Waals surface area contributed by atoms with Crippen molar-refractivity contribution in [3.63, 3.8) is 0 Å². The summed E-state index contributed by atoms with van der Waals surface area (Å²) in [6.07, 6.45) is -1.86. The summed E-state index contributed by atoms with van der Waals surface area (Å²) in [5, 5.41) is 9.62. The second kappa shape index (κ2) is 10.2. The molecule has 9 nitrogen and oxygen atoms in total. The first-order valence-electron chi connectivity index (χ1n) is 12.8. The lowest BCUT2D eigenvalue weighted by Crippen LogP contribution is -2.58. The molecule has 3 heterocycles. The van der Waals surface area contributed by atoms with Crippen molar-refractivity contribution in [1.82, 2.24) is 19.4 Å². The number of sulfone groups is 1. The van der Waals surface area contributed by atoms with E-state index in [-0.39, 0.29) is 23.4 Å². The third kappa shape index (κ3) is 5.05. The van der Waals surface area contributed by atoms with Crippen molar-refractivity contribution >= 4 is 15.9 Å². The number of nitrogens with zero attached hydrogens (tertiary/aromatic N) is 4. The first-order valence-corrected chi connectivity index (χ1v) is 14.4. The smallest absolute Gasteiger partial charge is 0.408 e. The fourth-order valence-corrected chi connectivity index (χ4v) is 6.72. The molecule has 1 fully saturated rings. The van der Waals surface area contributed by atoms with Crippen LogP contribution in [0.1, 0.15) is 71.0 Å². The molecule has 1 aromatic carbocycles. The first kappa shape index (κ1) is 28.4. The maximum Gasteiger partial charge on any atom is 0.408 e. The number of ether oxygens (including phenoxy) is 1. The molecule has 0 bridgehead atoms. The molecule has 4 rings (SSSR count). The van der Waals surface area contributed by atoms with E-state index in [0.29, 0.717) is 31.7 Å². The summed E-state index contributed by atoms with van der Waals surface area (Å²) in [6.45, 7) is 11.8.